The molecule has 126 valence electrons. The van der Waals surface area contributed by atoms with Crippen LogP contribution in [-0.4, -0.2) is 26.6 Å². The number of carbonyl (C=O) groups is 1. The van der Waals surface area contributed by atoms with Crippen LogP contribution in [0.4, 0.5) is 11.4 Å². The lowest BCUT2D eigenvalue weighted by molar-refractivity contribution is 0.102. The van der Waals surface area contributed by atoms with E-state index in [4.69, 9.17) is 11.6 Å². The van der Waals surface area contributed by atoms with Gasteiger partial charge in [-0.3, -0.25) is 9.10 Å². The molecular formula is C17H17ClN2O3S. The zero-order chi connectivity index (χ0) is 17.3. The maximum atomic E-state index is 12.2. The van der Waals surface area contributed by atoms with E-state index in [0.29, 0.717) is 34.9 Å². The molecule has 24 heavy (non-hydrogen) atoms. The number of carbonyl (C=O) groups excluding carboxylic acids is 1. The number of halogens is 1. The molecule has 0 spiro atoms. The number of rotatable bonds is 3. The summed E-state index contributed by atoms with van der Waals surface area (Å²) in [5.74, 6) is -0.0609. The minimum absolute atomic E-state index is 0.182. The summed E-state index contributed by atoms with van der Waals surface area (Å²) in [4.78, 5) is 12.2. The van der Waals surface area contributed by atoms with Crippen LogP contribution in [0.5, 0.6) is 0 Å². The number of benzene rings is 2. The second-order valence-corrected chi connectivity index (χ2v) is 8.15. The number of aryl methyl sites for hydroxylation is 1. The van der Waals surface area contributed by atoms with Gasteiger partial charge in [-0.2, -0.15) is 0 Å². The third-order valence-corrected chi connectivity index (χ3v) is 6.04. The average Bonchev–Trinajstić information content (AvgIpc) is 2.87. The molecule has 1 fully saturated rings. The Morgan fingerprint density at radius 1 is 1.17 bits per heavy atom. The summed E-state index contributed by atoms with van der Waals surface area (Å²) in [5, 5.41) is 3.38. The van der Waals surface area contributed by atoms with Crippen LogP contribution in [-0.2, 0) is 10.0 Å². The van der Waals surface area contributed by atoms with Gasteiger partial charge in [-0.15, -0.1) is 0 Å². The van der Waals surface area contributed by atoms with Gasteiger partial charge < -0.3 is 5.32 Å². The molecule has 1 amide bonds. The van der Waals surface area contributed by atoms with Crippen molar-refractivity contribution in [3.63, 3.8) is 0 Å². The molecule has 5 nitrogen and oxygen atoms in total. The second kappa shape index (κ2) is 6.45. The smallest absolute Gasteiger partial charge is 0.255 e. The summed E-state index contributed by atoms with van der Waals surface area (Å²) in [7, 11) is -3.21. The van der Waals surface area contributed by atoms with Gasteiger partial charge in [-0.1, -0.05) is 11.6 Å². The number of anilines is 2. The van der Waals surface area contributed by atoms with E-state index in [0.717, 1.165) is 5.56 Å². The Balaban J connectivity index is 1.80. The first-order valence-electron chi connectivity index (χ1n) is 7.55. The minimum Gasteiger partial charge on any atom is -0.322 e. The van der Waals surface area contributed by atoms with Crippen LogP contribution in [0.2, 0.25) is 5.02 Å². The molecule has 0 radical (unpaired) electrons. The normalized spacial score (nSPS) is 16.2. The van der Waals surface area contributed by atoms with E-state index < -0.39 is 10.0 Å². The van der Waals surface area contributed by atoms with Crippen molar-refractivity contribution in [3.8, 4) is 0 Å². The standard InChI is InChI=1S/C17H17ClN2O3S/c1-12-11-15(19-17(21)13-3-5-14(18)6-4-13)7-8-16(12)20-9-2-10-24(20,22)23/h3-8,11H,2,9-10H2,1H3,(H,19,21). The Bertz CT molecular complexity index is 879. The minimum atomic E-state index is -3.21. The fourth-order valence-corrected chi connectivity index (χ4v) is 4.48. The Morgan fingerprint density at radius 3 is 2.46 bits per heavy atom. The van der Waals surface area contributed by atoms with E-state index in [1.807, 2.05) is 6.92 Å². The molecular weight excluding hydrogens is 348 g/mol. The molecule has 1 aliphatic heterocycles. The van der Waals surface area contributed by atoms with Gasteiger partial charge in [0, 0.05) is 22.8 Å². The third-order valence-electron chi connectivity index (χ3n) is 3.93. The van der Waals surface area contributed by atoms with Gasteiger partial charge in [0.05, 0.1) is 11.4 Å². The zero-order valence-electron chi connectivity index (χ0n) is 13.1. The number of nitrogens with zero attached hydrogens (tertiary/aromatic N) is 1. The molecule has 7 heteroatoms. The van der Waals surface area contributed by atoms with E-state index in [9.17, 15) is 13.2 Å². The van der Waals surface area contributed by atoms with E-state index in [1.165, 1.54) is 4.31 Å². The molecule has 3 rings (SSSR count). The first kappa shape index (κ1) is 16.8. The molecule has 1 aliphatic rings. The van der Waals surface area contributed by atoms with E-state index in [-0.39, 0.29) is 11.7 Å². The van der Waals surface area contributed by atoms with Crippen LogP contribution >= 0.6 is 11.6 Å². The molecule has 1 heterocycles. The highest BCUT2D eigenvalue weighted by Crippen LogP contribution is 2.29. The number of sulfonamides is 1. The van der Waals surface area contributed by atoms with Crippen molar-refractivity contribution in [2.75, 3.05) is 21.9 Å². The largest absolute Gasteiger partial charge is 0.322 e. The molecule has 0 unspecified atom stereocenters. The summed E-state index contributed by atoms with van der Waals surface area (Å²) < 4.78 is 25.5. The Labute approximate surface area is 146 Å². The van der Waals surface area contributed by atoms with Gasteiger partial charge in [0.2, 0.25) is 10.0 Å². The van der Waals surface area contributed by atoms with Crippen LogP contribution in [0.15, 0.2) is 42.5 Å². The predicted molar refractivity (Wildman–Crippen MR) is 96.3 cm³/mol. The summed E-state index contributed by atoms with van der Waals surface area (Å²) in [6, 6.07) is 11.8. The molecule has 0 saturated carbocycles. The summed E-state index contributed by atoms with van der Waals surface area (Å²) in [6.07, 6.45) is 0.636. The van der Waals surface area contributed by atoms with Crippen LogP contribution in [0, 0.1) is 6.92 Å². The Kier molecular flexibility index (Phi) is 4.51. The highest BCUT2D eigenvalue weighted by atomic mass is 35.5. The fourth-order valence-electron chi connectivity index (χ4n) is 2.73. The predicted octanol–water partition coefficient (Wildman–Crippen LogP) is 3.44. The highest BCUT2D eigenvalue weighted by molar-refractivity contribution is 7.93. The second-order valence-electron chi connectivity index (χ2n) is 5.70. The molecule has 2 aromatic rings. The van der Waals surface area contributed by atoms with E-state index in [1.54, 1.807) is 42.5 Å². The van der Waals surface area contributed by atoms with Gasteiger partial charge >= 0.3 is 0 Å². The number of amides is 1. The first-order chi connectivity index (χ1) is 11.4. The van der Waals surface area contributed by atoms with Gasteiger partial charge in [0.1, 0.15) is 0 Å². The van der Waals surface area contributed by atoms with E-state index >= 15 is 0 Å². The third kappa shape index (κ3) is 3.39. The zero-order valence-corrected chi connectivity index (χ0v) is 14.7. The van der Waals surface area contributed by atoms with Crippen molar-refractivity contribution in [3.05, 3.63) is 58.6 Å². The Morgan fingerprint density at radius 2 is 1.88 bits per heavy atom. The molecule has 2 aromatic carbocycles. The van der Waals surface area contributed by atoms with Crippen LogP contribution < -0.4 is 9.62 Å². The lowest BCUT2D eigenvalue weighted by Gasteiger charge is -2.20. The van der Waals surface area contributed by atoms with Gasteiger partial charge in [0.25, 0.3) is 5.91 Å². The average molecular weight is 365 g/mol. The lowest BCUT2D eigenvalue weighted by Crippen LogP contribution is -2.25. The number of hydrogen-bond donors (Lipinski definition) is 1. The first-order valence-corrected chi connectivity index (χ1v) is 9.53. The number of nitrogens with one attached hydrogen (secondary N) is 1. The quantitative estimate of drug-likeness (QED) is 0.907. The monoisotopic (exact) mass is 364 g/mol. The van der Waals surface area contributed by atoms with Crippen molar-refractivity contribution < 1.29 is 13.2 Å². The maximum absolute atomic E-state index is 12.2. The topological polar surface area (TPSA) is 66.5 Å². The van der Waals surface area contributed by atoms with Gasteiger partial charge in [-0.25, -0.2) is 8.42 Å². The molecule has 0 bridgehead atoms. The van der Waals surface area contributed by atoms with Crippen molar-refractivity contribution in [2.45, 2.75) is 13.3 Å². The molecule has 1 N–H and O–H groups in total. The SMILES string of the molecule is Cc1cc(NC(=O)c2ccc(Cl)cc2)ccc1N1CCCS1(=O)=O. The molecule has 0 atom stereocenters. The molecule has 0 aromatic heterocycles. The van der Waals surface area contributed by atoms with Crippen LogP contribution in [0.3, 0.4) is 0 Å². The molecule has 1 saturated heterocycles. The van der Waals surface area contributed by atoms with Crippen LogP contribution in [0.25, 0.3) is 0 Å². The van der Waals surface area contributed by atoms with Crippen molar-refractivity contribution >= 4 is 38.9 Å². The summed E-state index contributed by atoms with van der Waals surface area (Å²) in [6.45, 7) is 2.33. The van der Waals surface area contributed by atoms with Crippen molar-refractivity contribution in [1.29, 1.82) is 0 Å². The van der Waals surface area contributed by atoms with Crippen molar-refractivity contribution in [2.24, 2.45) is 0 Å². The Hall–Kier alpha value is -2.05. The fraction of sp³-hybridized carbons (Fsp3) is 0.235. The van der Waals surface area contributed by atoms with E-state index in [2.05, 4.69) is 5.32 Å². The maximum Gasteiger partial charge on any atom is 0.255 e. The lowest BCUT2D eigenvalue weighted by atomic mass is 10.1. The van der Waals surface area contributed by atoms with Gasteiger partial charge in [0.15, 0.2) is 0 Å². The molecule has 0 aliphatic carbocycles. The van der Waals surface area contributed by atoms with Crippen molar-refractivity contribution in [1.82, 2.24) is 0 Å². The number of hydrogen-bond acceptors (Lipinski definition) is 3. The van der Waals surface area contributed by atoms with Gasteiger partial charge in [-0.05, 0) is 61.4 Å². The highest BCUT2D eigenvalue weighted by Gasteiger charge is 2.29. The summed E-state index contributed by atoms with van der Waals surface area (Å²) >= 11 is 5.81. The van der Waals surface area contributed by atoms with Crippen LogP contribution in [0.1, 0.15) is 22.3 Å². The summed E-state index contributed by atoms with van der Waals surface area (Å²) in [5.41, 5.74) is 2.59.